The first-order valence-electron chi connectivity index (χ1n) is 8.11. The third-order valence-electron chi connectivity index (χ3n) is 3.92. The van der Waals surface area contributed by atoms with Crippen molar-refractivity contribution in [1.82, 2.24) is 4.90 Å². The number of likely N-dealkylation sites (N-methyl/N-ethyl adjacent to an activating group) is 1. The van der Waals surface area contributed by atoms with Gasteiger partial charge in [-0.2, -0.15) is 0 Å². The van der Waals surface area contributed by atoms with Crippen LogP contribution in [0.5, 0.6) is 0 Å². The van der Waals surface area contributed by atoms with Crippen LogP contribution in [0.15, 0.2) is 51.4 Å². The van der Waals surface area contributed by atoms with Crippen molar-refractivity contribution < 1.29 is 14.0 Å². The summed E-state index contributed by atoms with van der Waals surface area (Å²) in [6, 6.07) is 12.1. The number of hydrogen-bond acceptors (Lipinski definition) is 3. The van der Waals surface area contributed by atoms with Crippen LogP contribution in [0, 0.1) is 0 Å². The highest BCUT2D eigenvalue weighted by molar-refractivity contribution is 9.10. The van der Waals surface area contributed by atoms with Gasteiger partial charge in [0.05, 0.1) is 15.7 Å². The Labute approximate surface area is 174 Å². The molecule has 8 heteroatoms. The summed E-state index contributed by atoms with van der Waals surface area (Å²) in [5.41, 5.74) is 0.924. The highest BCUT2D eigenvalue weighted by Crippen LogP contribution is 2.30. The summed E-state index contributed by atoms with van der Waals surface area (Å²) < 4.78 is 6.51. The summed E-state index contributed by atoms with van der Waals surface area (Å²) >= 11 is 15.5. The summed E-state index contributed by atoms with van der Waals surface area (Å²) in [7, 11) is 0. The molecule has 2 amide bonds. The number of fused-ring (bicyclic) bond motifs is 1. The molecule has 0 bridgehead atoms. The van der Waals surface area contributed by atoms with Gasteiger partial charge in [0, 0.05) is 16.4 Å². The first-order chi connectivity index (χ1) is 12.9. The minimum atomic E-state index is -0.404. The van der Waals surface area contributed by atoms with Gasteiger partial charge in [-0.3, -0.25) is 9.59 Å². The summed E-state index contributed by atoms with van der Waals surface area (Å²) in [6.07, 6.45) is 0. The minimum absolute atomic E-state index is 0.155. The van der Waals surface area contributed by atoms with Gasteiger partial charge in [0.2, 0.25) is 5.91 Å². The smallest absolute Gasteiger partial charge is 0.290 e. The zero-order valence-electron chi connectivity index (χ0n) is 14.3. The number of benzene rings is 2. The van der Waals surface area contributed by atoms with Crippen LogP contribution in [0.4, 0.5) is 5.69 Å². The average molecular weight is 470 g/mol. The number of hydrogen-bond donors (Lipinski definition) is 1. The Hall–Kier alpha value is -2.02. The van der Waals surface area contributed by atoms with Gasteiger partial charge in [0.15, 0.2) is 5.76 Å². The molecule has 1 heterocycles. The Kier molecular flexibility index (Phi) is 6.09. The van der Waals surface area contributed by atoms with Gasteiger partial charge in [-0.25, -0.2) is 0 Å². The fraction of sp³-hybridized carbons (Fsp3) is 0.158. The van der Waals surface area contributed by atoms with Crippen LogP contribution in [0.3, 0.4) is 0 Å². The summed E-state index contributed by atoms with van der Waals surface area (Å²) in [6.45, 7) is 1.97. The number of amides is 2. The predicted octanol–water partition coefficient (Wildman–Crippen LogP) is 5.60. The molecule has 0 aliphatic heterocycles. The van der Waals surface area contributed by atoms with Crippen LogP contribution in [-0.4, -0.2) is 29.8 Å². The van der Waals surface area contributed by atoms with Crippen molar-refractivity contribution in [3.8, 4) is 0 Å². The lowest BCUT2D eigenvalue weighted by Crippen LogP contribution is -2.37. The SMILES string of the molecule is CCN(CC(=O)Nc1c(Cl)cccc1Cl)C(=O)c1cc2cc(Br)ccc2o1. The molecule has 27 heavy (non-hydrogen) atoms. The summed E-state index contributed by atoms with van der Waals surface area (Å²) in [5, 5.41) is 4.11. The zero-order chi connectivity index (χ0) is 19.6. The van der Waals surface area contributed by atoms with Crippen molar-refractivity contribution >= 4 is 67.6 Å². The number of rotatable bonds is 5. The second-order valence-electron chi connectivity index (χ2n) is 5.76. The van der Waals surface area contributed by atoms with Gasteiger partial charge in [0.25, 0.3) is 5.91 Å². The van der Waals surface area contributed by atoms with Crippen molar-refractivity contribution in [1.29, 1.82) is 0 Å². The molecule has 3 aromatic rings. The van der Waals surface area contributed by atoms with E-state index in [9.17, 15) is 9.59 Å². The molecular formula is C19H15BrCl2N2O3. The van der Waals surface area contributed by atoms with Crippen molar-refractivity contribution in [2.45, 2.75) is 6.92 Å². The van der Waals surface area contributed by atoms with E-state index in [-0.39, 0.29) is 18.2 Å². The predicted molar refractivity (Wildman–Crippen MR) is 111 cm³/mol. The maximum absolute atomic E-state index is 12.7. The standard InChI is InChI=1S/C19H15BrCl2N2O3/c1-2-24(10-17(25)23-18-13(21)4-3-5-14(18)22)19(26)16-9-11-8-12(20)6-7-15(11)27-16/h3-9H,2,10H2,1H3,(H,23,25). The van der Waals surface area contributed by atoms with E-state index < -0.39 is 5.91 Å². The van der Waals surface area contributed by atoms with Crippen LogP contribution in [0.2, 0.25) is 10.0 Å². The molecule has 1 aromatic heterocycles. The normalized spacial score (nSPS) is 10.8. The van der Waals surface area contributed by atoms with Crippen LogP contribution >= 0.6 is 39.1 Å². The van der Waals surface area contributed by atoms with E-state index in [0.29, 0.717) is 27.9 Å². The topological polar surface area (TPSA) is 62.6 Å². The number of nitrogens with one attached hydrogen (secondary N) is 1. The van der Waals surface area contributed by atoms with Crippen molar-refractivity contribution in [3.63, 3.8) is 0 Å². The Morgan fingerprint density at radius 2 is 1.85 bits per heavy atom. The molecule has 2 aromatic carbocycles. The highest BCUT2D eigenvalue weighted by atomic mass is 79.9. The van der Waals surface area contributed by atoms with Gasteiger partial charge in [0.1, 0.15) is 12.1 Å². The molecule has 3 rings (SSSR count). The second-order valence-corrected chi connectivity index (χ2v) is 7.49. The highest BCUT2D eigenvalue weighted by Gasteiger charge is 2.22. The van der Waals surface area contributed by atoms with Crippen molar-refractivity contribution in [2.24, 2.45) is 0 Å². The average Bonchev–Trinajstić information content (AvgIpc) is 3.05. The first-order valence-corrected chi connectivity index (χ1v) is 9.66. The van der Waals surface area contributed by atoms with Crippen molar-refractivity contribution in [3.05, 3.63) is 62.7 Å². The van der Waals surface area contributed by atoms with Crippen LogP contribution in [-0.2, 0) is 4.79 Å². The summed E-state index contributed by atoms with van der Waals surface area (Å²) in [5.74, 6) is -0.599. The number of carbonyl (C=O) groups excluding carboxylic acids is 2. The van der Waals surface area contributed by atoms with E-state index in [4.69, 9.17) is 27.6 Å². The lowest BCUT2D eigenvalue weighted by Gasteiger charge is -2.19. The quantitative estimate of drug-likeness (QED) is 0.528. The van der Waals surface area contributed by atoms with Gasteiger partial charge in [-0.1, -0.05) is 45.2 Å². The molecule has 0 aliphatic rings. The van der Waals surface area contributed by atoms with Crippen LogP contribution in [0.25, 0.3) is 11.0 Å². The first kappa shape index (κ1) is 19.7. The second kappa shape index (κ2) is 8.33. The molecule has 0 saturated carbocycles. The largest absolute Gasteiger partial charge is 0.451 e. The van der Waals surface area contributed by atoms with E-state index in [1.807, 2.05) is 12.1 Å². The fourth-order valence-corrected chi connectivity index (χ4v) is 3.44. The van der Waals surface area contributed by atoms with Crippen LogP contribution < -0.4 is 5.32 Å². The van der Waals surface area contributed by atoms with Gasteiger partial charge in [-0.05, 0) is 43.3 Å². The zero-order valence-corrected chi connectivity index (χ0v) is 17.4. The van der Waals surface area contributed by atoms with Gasteiger partial charge in [-0.15, -0.1) is 0 Å². The summed E-state index contributed by atoms with van der Waals surface area (Å²) in [4.78, 5) is 26.5. The third kappa shape index (κ3) is 4.46. The number of para-hydroxylation sites is 1. The molecule has 0 aliphatic carbocycles. The Morgan fingerprint density at radius 3 is 2.52 bits per heavy atom. The molecule has 0 fully saturated rings. The molecule has 0 unspecified atom stereocenters. The van der Waals surface area contributed by atoms with E-state index in [1.165, 1.54) is 4.90 Å². The molecule has 1 N–H and O–H groups in total. The van der Waals surface area contributed by atoms with Crippen LogP contribution in [0.1, 0.15) is 17.5 Å². The number of carbonyl (C=O) groups is 2. The number of anilines is 1. The van der Waals surface area contributed by atoms with Gasteiger partial charge < -0.3 is 14.6 Å². The number of furan rings is 1. The maximum Gasteiger partial charge on any atom is 0.290 e. The monoisotopic (exact) mass is 468 g/mol. The Bertz CT molecular complexity index is 999. The lowest BCUT2D eigenvalue weighted by molar-refractivity contribution is -0.116. The molecule has 0 radical (unpaired) electrons. The number of halogens is 3. The third-order valence-corrected chi connectivity index (χ3v) is 5.04. The minimum Gasteiger partial charge on any atom is -0.451 e. The van der Waals surface area contributed by atoms with E-state index >= 15 is 0 Å². The number of nitrogens with zero attached hydrogens (tertiary/aromatic N) is 1. The molecule has 0 spiro atoms. The van der Waals surface area contributed by atoms with Crippen molar-refractivity contribution in [2.75, 3.05) is 18.4 Å². The molecule has 0 atom stereocenters. The van der Waals surface area contributed by atoms with E-state index in [0.717, 1.165) is 9.86 Å². The Morgan fingerprint density at radius 1 is 1.15 bits per heavy atom. The molecule has 5 nitrogen and oxygen atoms in total. The maximum atomic E-state index is 12.7. The van der Waals surface area contributed by atoms with E-state index in [2.05, 4.69) is 21.2 Å². The Balaban J connectivity index is 1.75. The molecule has 0 saturated heterocycles. The van der Waals surface area contributed by atoms with Gasteiger partial charge >= 0.3 is 0 Å². The molecule has 140 valence electrons. The fourth-order valence-electron chi connectivity index (χ4n) is 2.57. The lowest BCUT2D eigenvalue weighted by atomic mass is 10.2. The van der Waals surface area contributed by atoms with E-state index in [1.54, 1.807) is 37.3 Å². The molecular weight excluding hydrogens is 455 g/mol.